The molecule has 1 heterocycles. The molecule has 0 radical (unpaired) electrons. The highest BCUT2D eigenvalue weighted by Crippen LogP contribution is 2.38. The monoisotopic (exact) mass is 410 g/mol. The maximum absolute atomic E-state index is 13.3. The largest absolute Gasteiger partial charge is 0.441 e. The minimum atomic E-state index is -4.62. The lowest BCUT2D eigenvalue weighted by Gasteiger charge is -2.27. The van der Waals surface area contributed by atoms with E-state index in [0.29, 0.717) is 0 Å². The van der Waals surface area contributed by atoms with Crippen molar-refractivity contribution in [1.82, 2.24) is 9.72 Å². The van der Waals surface area contributed by atoms with Crippen molar-refractivity contribution in [1.29, 1.82) is 0 Å². The normalized spacial score (nSPS) is 18.0. The van der Waals surface area contributed by atoms with Gasteiger partial charge in [-0.25, -0.2) is 13.6 Å². The molecular weight excluding hydrogens is 395 g/mol. The molecule has 1 aromatic carbocycles. The van der Waals surface area contributed by atoms with Crippen molar-refractivity contribution in [2.75, 3.05) is 0 Å². The molecule has 0 bridgehead atoms. The van der Waals surface area contributed by atoms with E-state index in [9.17, 15) is 26.7 Å². The number of alkyl halides is 5. The van der Waals surface area contributed by atoms with E-state index < -0.39 is 28.4 Å². The van der Waals surface area contributed by atoms with Crippen molar-refractivity contribution in [3.05, 3.63) is 50.7 Å². The molecule has 3 rings (SSSR count). The molecule has 0 atom stereocenters. The van der Waals surface area contributed by atoms with Gasteiger partial charge in [0.2, 0.25) is 5.92 Å². The second kappa shape index (κ2) is 7.26. The molecule has 0 spiro atoms. The molecule has 1 aliphatic carbocycles. The highest BCUT2D eigenvalue weighted by molar-refractivity contribution is 6.32. The Bertz CT molecular complexity index is 865. The van der Waals surface area contributed by atoms with Gasteiger partial charge in [0.25, 0.3) is 0 Å². The molecule has 1 aliphatic rings. The maximum Gasteiger partial charge on any atom is 0.441 e. The van der Waals surface area contributed by atoms with Gasteiger partial charge in [-0.2, -0.15) is 13.2 Å². The summed E-state index contributed by atoms with van der Waals surface area (Å²) in [4.78, 5) is 11.9. The van der Waals surface area contributed by atoms with E-state index in [1.54, 1.807) is 0 Å². The number of hydrogen-bond donors (Lipinski definition) is 0. The predicted molar refractivity (Wildman–Crippen MR) is 86.9 cm³/mol. The zero-order valence-corrected chi connectivity index (χ0v) is 14.8. The molecule has 0 unspecified atom stereocenters. The lowest BCUT2D eigenvalue weighted by atomic mass is 9.84. The summed E-state index contributed by atoms with van der Waals surface area (Å²) in [5, 5.41) is 3.17. The third kappa shape index (κ3) is 4.51. The smallest absolute Gasteiger partial charge is 0.296 e. The number of nitrogens with zero attached hydrogens (tertiary/aromatic N) is 2. The molecule has 2 aromatic rings. The predicted octanol–water partition coefficient (Wildman–Crippen LogP) is 4.92. The van der Waals surface area contributed by atoms with E-state index in [2.05, 4.69) is 9.68 Å². The van der Waals surface area contributed by atoms with Crippen LogP contribution in [-0.4, -0.2) is 15.6 Å². The van der Waals surface area contributed by atoms with Gasteiger partial charge in [-0.3, -0.25) is 9.09 Å². The van der Waals surface area contributed by atoms with E-state index in [-0.39, 0.29) is 56.0 Å². The minimum absolute atomic E-state index is 0.0909. The van der Waals surface area contributed by atoms with Gasteiger partial charge < -0.3 is 0 Å². The van der Waals surface area contributed by atoms with Crippen LogP contribution in [0.2, 0.25) is 5.02 Å². The van der Waals surface area contributed by atoms with Crippen molar-refractivity contribution in [2.24, 2.45) is 5.92 Å². The summed E-state index contributed by atoms with van der Waals surface area (Å²) in [7, 11) is 0. The minimum Gasteiger partial charge on any atom is -0.296 e. The summed E-state index contributed by atoms with van der Waals surface area (Å²) in [5.41, 5.74) is -0.907. The lowest BCUT2D eigenvalue weighted by molar-refractivity contribution is -0.137. The van der Waals surface area contributed by atoms with Crippen LogP contribution in [0.4, 0.5) is 22.0 Å². The van der Waals surface area contributed by atoms with Gasteiger partial charge in [-0.05, 0) is 30.4 Å². The first-order valence-electron chi connectivity index (χ1n) is 8.34. The maximum atomic E-state index is 13.3. The van der Waals surface area contributed by atoms with Crippen LogP contribution >= 0.6 is 11.6 Å². The van der Waals surface area contributed by atoms with E-state index in [0.717, 1.165) is 10.6 Å². The van der Waals surface area contributed by atoms with Crippen LogP contribution in [0.1, 0.15) is 42.6 Å². The fourth-order valence-electron chi connectivity index (χ4n) is 3.25. The Morgan fingerprint density at radius 1 is 1.26 bits per heavy atom. The Balaban J connectivity index is 1.81. The third-order valence-electron chi connectivity index (χ3n) is 4.78. The highest BCUT2D eigenvalue weighted by atomic mass is 35.5. The summed E-state index contributed by atoms with van der Waals surface area (Å²) in [6.45, 7) is -0.247. The Morgan fingerprint density at radius 3 is 2.56 bits per heavy atom. The summed E-state index contributed by atoms with van der Waals surface area (Å²) in [5.74, 6) is -3.40. The summed E-state index contributed by atoms with van der Waals surface area (Å²) < 4.78 is 71.2. The Labute approximate surface area is 155 Å². The van der Waals surface area contributed by atoms with E-state index >= 15 is 0 Å². The average molecular weight is 411 g/mol. The molecule has 1 saturated carbocycles. The SMILES string of the molecule is O=c1onc(CC2CCC(F)(F)CC2)n1Cc1cccc(C(F)(F)F)c1Cl. The van der Waals surface area contributed by atoms with Crippen molar-refractivity contribution in [2.45, 2.75) is 50.7 Å². The van der Waals surface area contributed by atoms with E-state index in [4.69, 9.17) is 11.6 Å². The summed E-state index contributed by atoms with van der Waals surface area (Å²) in [6.07, 6.45) is -4.31. The van der Waals surface area contributed by atoms with Crippen LogP contribution in [0.5, 0.6) is 0 Å². The lowest BCUT2D eigenvalue weighted by Crippen LogP contribution is -2.27. The summed E-state index contributed by atoms with van der Waals surface area (Å²) >= 11 is 5.87. The van der Waals surface area contributed by atoms with Gasteiger partial charge in [0.1, 0.15) is 0 Å². The zero-order valence-electron chi connectivity index (χ0n) is 14.0. The van der Waals surface area contributed by atoms with Gasteiger partial charge in [0.05, 0.1) is 17.1 Å². The number of aromatic nitrogens is 2. The van der Waals surface area contributed by atoms with Gasteiger partial charge >= 0.3 is 11.9 Å². The number of hydrogen-bond acceptors (Lipinski definition) is 3. The van der Waals surface area contributed by atoms with Crippen LogP contribution in [0.15, 0.2) is 27.5 Å². The fraction of sp³-hybridized carbons (Fsp3) is 0.529. The molecule has 4 nitrogen and oxygen atoms in total. The Hall–Kier alpha value is -1.90. The molecule has 27 heavy (non-hydrogen) atoms. The van der Waals surface area contributed by atoms with E-state index in [1.165, 1.54) is 12.1 Å². The molecule has 0 N–H and O–H groups in total. The fourth-order valence-corrected chi connectivity index (χ4v) is 3.55. The standard InChI is InChI=1S/C17H16ClF5N2O2/c18-14-11(2-1-3-12(14)17(21,22)23)9-25-13(24-27-15(25)26)8-10-4-6-16(19,20)7-5-10/h1-3,10H,4-9H2. The van der Waals surface area contributed by atoms with Crippen molar-refractivity contribution in [3.8, 4) is 0 Å². The van der Waals surface area contributed by atoms with Gasteiger partial charge in [0, 0.05) is 19.3 Å². The van der Waals surface area contributed by atoms with Crippen molar-refractivity contribution >= 4 is 11.6 Å². The summed E-state index contributed by atoms with van der Waals surface area (Å²) in [6, 6.07) is 3.43. The second-order valence-corrected chi connectivity index (χ2v) is 7.11. The Morgan fingerprint density at radius 2 is 1.93 bits per heavy atom. The highest BCUT2D eigenvalue weighted by Gasteiger charge is 2.36. The van der Waals surface area contributed by atoms with Gasteiger partial charge in [-0.1, -0.05) is 28.9 Å². The quantitative estimate of drug-likeness (QED) is 0.672. The molecule has 1 fully saturated rings. The van der Waals surface area contributed by atoms with Crippen LogP contribution < -0.4 is 5.76 Å². The molecule has 1 aromatic heterocycles. The van der Waals surface area contributed by atoms with Gasteiger partial charge in [-0.15, -0.1) is 0 Å². The first-order valence-corrected chi connectivity index (χ1v) is 8.72. The van der Waals surface area contributed by atoms with Crippen LogP contribution in [0.25, 0.3) is 0 Å². The van der Waals surface area contributed by atoms with Crippen LogP contribution in [-0.2, 0) is 19.1 Å². The third-order valence-corrected chi connectivity index (χ3v) is 5.23. The van der Waals surface area contributed by atoms with Crippen molar-refractivity contribution in [3.63, 3.8) is 0 Å². The van der Waals surface area contributed by atoms with Crippen molar-refractivity contribution < 1.29 is 26.5 Å². The number of halogens is 6. The molecule has 10 heteroatoms. The molecule has 148 valence electrons. The van der Waals surface area contributed by atoms with Crippen LogP contribution in [0, 0.1) is 5.92 Å². The molecule has 0 amide bonds. The topological polar surface area (TPSA) is 48.0 Å². The zero-order chi connectivity index (χ0) is 19.8. The first kappa shape index (κ1) is 19.9. The molecule has 0 saturated heterocycles. The number of rotatable bonds is 4. The van der Waals surface area contributed by atoms with Gasteiger partial charge in [0.15, 0.2) is 5.82 Å². The van der Waals surface area contributed by atoms with Crippen LogP contribution in [0.3, 0.4) is 0 Å². The molecular formula is C17H16ClF5N2O2. The molecule has 0 aliphatic heterocycles. The average Bonchev–Trinajstić information content (AvgIpc) is 2.90. The first-order chi connectivity index (χ1) is 12.6. The Kier molecular flexibility index (Phi) is 5.33. The second-order valence-electron chi connectivity index (χ2n) is 6.73. The van der Waals surface area contributed by atoms with E-state index in [1.807, 2.05) is 0 Å². The number of benzene rings is 1.